The van der Waals surface area contributed by atoms with Crippen molar-refractivity contribution in [3.63, 3.8) is 0 Å². The average Bonchev–Trinajstić information content (AvgIpc) is 2.55. The molecule has 0 fully saturated rings. The molecule has 0 radical (unpaired) electrons. The summed E-state index contributed by atoms with van der Waals surface area (Å²) < 4.78 is 19.0. The molecule has 3 rings (SSSR count). The van der Waals surface area contributed by atoms with E-state index < -0.39 is 0 Å². The van der Waals surface area contributed by atoms with E-state index in [1.165, 1.54) is 12.1 Å². The van der Waals surface area contributed by atoms with Gasteiger partial charge in [0.05, 0.1) is 0 Å². The van der Waals surface area contributed by atoms with Crippen LogP contribution in [0.5, 0.6) is 5.75 Å². The van der Waals surface area contributed by atoms with Gasteiger partial charge >= 0.3 is 0 Å². The second-order valence-corrected chi connectivity index (χ2v) is 4.57. The molecule has 1 aliphatic heterocycles. The van der Waals surface area contributed by atoms with Gasteiger partial charge in [0.2, 0.25) is 0 Å². The quantitative estimate of drug-likeness (QED) is 0.696. The number of hydrogen-bond acceptors (Lipinski definition) is 1. The predicted octanol–water partition coefficient (Wildman–Crippen LogP) is 4.50. The SMILES string of the molecule is Fc1ccc2c(c1)OCc1ccccc1/C2=C/Br. The van der Waals surface area contributed by atoms with Crippen LogP contribution in [-0.4, -0.2) is 0 Å². The molecule has 3 heteroatoms. The molecule has 1 heterocycles. The van der Waals surface area contributed by atoms with Gasteiger partial charge in [-0.15, -0.1) is 0 Å². The summed E-state index contributed by atoms with van der Waals surface area (Å²) in [6.45, 7) is 0.455. The molecule has 1 aliphatic rings. The van der Waals surface area contributed by atoms with Crippen molar-refractivity contribution in [1.29, 1.82) is 0 Å². The number of fused-ring (bicyclic) bond motifs is 2. The summed E-state index contributed by atoms with van der Waals surface area (Å²) in [6.07, 6.45) is 0. The highest BCUT2D eigenvalue weighted by Crippen LogP contribution is 2.37. The lowest BCUT2D eigenvalue weighted by atomic mass is 9.96. The molecule has 2 aromatic rings. The Morgan fingerprint density at radius 2 is 1.94 bits per heavy atom. The fourth-order valence-corrected chi connectivity index (χ4v) is 2.66. The molecule has 0 N–H and O–H groups in total. The van der Waals surface area contributed by atoms with Crippen LogP contribution in [-0.2, 0) is 6.61 Å². The third kappa shape index (κ3) is 1.85. The van der Waals surface area contributed by atoms with Gasteiger partial charge in [0.15, 0.2) is 0 Å². The Bertz CT molecular complexity index is 634. The van der Waals surface area contributed by atoms with Crippen molar-refractivity contribution in [1.82, 2.24) is 0 Å². The number of halogens is 2. The summed E-state index contributed by atoms with van der Waals surface area (Å²) in [7, 11) is 0. The summed E-state index contributed by atoms with van der Waals surface area (Å²) in [5.41, 5.74) is 4.12. The van der Waals surface area contributed by atoms with Crippen LogP contribution in [0.3, 0.4) is 0 Å². The first-order valence-electron chi connectivity index (χ1n) is 5.61. The van der Waals surface area contributed by atoms with Gasteiger partial charge in [-0.05, 0) is 33.8 Å². The van der Waals surface area contributed by atoms with Crippen LogP contribution in [0.4, 0.5) is 4.39 Å². The lowest BCUT2D eigenvalue weighted by Gasteiger charge is -2.08. The molecule has 0 bridgehead atoms. The number of ether oxygens (including phenoxy) is 1. The third-order valence-corrected chi connectivity index (χ3v) is 3.49. The van der Waals surface area contributed by atoms with Gasteiger partial charge in [0.1, 0.15) is 18.2 Å². The Morgan fingerprint density at radius 3 is 2.78 bits per heavy atom. The van der Waals surface area contributed by atoms with Gasteiger partial charge in [-0.3, -0.25) is 0 Å². The minimum Gasteiger partial charge on any atom is -0.488 e. The van der Waals surface area contributed by atoms with Crippen molar-refractivity contribution in [2.24, 2.45) is 0 Å². The molecule has 0 unspecified atom stereocenters. The largest absolute Gasteiger partial charge is 0.488 e. The Hall–Kier alpha value is -1.61. The number of hydrogen-bond donors (Lipinski definition) is 0. The zero-order valence-electron chi connectivity index (χ0n) is 9.49. The van der Waals surface area contributed by atoms with Crippen molar-refractivity contribution in [3.8, 4) is 5.75 Å². The first-order valence-corrected chi connectivity index (χ1v) is 6.52. The molecule has 0 aromatic heterocycles. The van der Waals surface area contributed by atoms with Crippen molar-refractivity contribution in [2.45, 2.75) is 6.61 Å². The summed E-state index contributed by atoms with van der Waals surface area (Å²) in [6, 6.07) is 12.7. The smallest absolute Gasteiger partial charge is 0.130 e. The molecule has 90 valence electrons. The van der Waals surface area contributed by atoms with E-state index >= 15 is 0 Å². The second kappa shape index (κ2) is 4.58. The molecule has 0 atom stereocenters. The summed E-state index contributed by atoms with van der Waals surface area (Å²) >= 11 is 3.39. The highest BCUT2D eigenvalue weighted by molar-refractivity contribution is 9.11. The van der Waals surface area contributed by atoms with Crippen LogP contribution in [0.25, 0.3) is 5.57 Å². The van der Waals surface area contributed by atoms with Crippen LogP contribution in [0, 0.1) is 5.82 Å². The lowest BCUT2D eigenvalue weighted by Crippen LogP contribution is -1.95. The first kappa shape index (κ1) is 11.5. The van der Waals surface area contributed by atoms with E-state index in [1.54, 1.807) is 6.07 Å². The van der Waals surface area contributed by atoms with Crippen LogP contribution >= 0.6 is 15.9 Å². The monoisotopic (exact) mass is 304 g/mol. The first-order chi connectivity index (χ1) is 8.79. The van der Waals surface area contributed by atoms with Crippen molar-refractivity contribution in [3.05, 3.63) is 70.0 Å². The van der Waals surface area contributed by atoms with Gasteiger partial charge < -0.3 is 4.74 Å². The van der Waals surface area contributed by atoms with E-state index in [-0.39, 0.29) is 5.82 Å². The zero-order valence-corrected chi connectivity index (χ0v) is 11.1. The standard InChI is InChI=1S/C15H10BrFO/c16-8-14-12-4-2-1-3-10(12)9-18-15-7-11(17)5-6-13(14)15/h1-8H,9H2/b14-8-. The molecule has 1 nitrogen and oxygen atoms in total. The molecule has 0 saturated heterocycles. The minimum absolute atomic E-state index is 0.284. The maximum Gasteiger partial charge on any atom is 0.130 e. The summed E-state index contributed by atoms with van der Waals surface area (Å²) in [5, 5.41) is 0. The topological polar surface area (TPSA) is 9.23 Å². The second-order valence-electron chi connectivity index (χ2n) is 4.11. The molecular formula is C15H10BrFO. The van der Waals surface area contributed by atoms with E-state index in [0.717, 1.165) is 22.3 Å². The van der Waals surface area contributed by atoms with Gasteiger partial charge in [0, 0.05) is 11.6 Å². The van der Waals surface area contributed by atoms with Crippen molar-refractivity contribution >= 4 is 21.5 Å². The van der Waals surface area contributed by atoms with E-state index in [1.807, 2.05) is 29.3 Å². The fourth-order valence-electron chi connectivity index (χ4n) is 2.17. The van der Waals surface area contributed by atoms with E-state index in [4.69, 9.17) is 4.74 Å². The minimum atomic E-state index is -0.284. The lowest BCUT2D eigenvalue weighted by molar-refractivity contribution is 0.305. The van der Waals surface area contributed by atoms with E-state index in [0.29, 0.717) is 12.4 Å². The van der Waals surface area contributed by atoms with Crippen LogP contribution in [0.15, 0.2) is 47.4 Å². The van der Waals surface area contributed by atoms with Crippen molar-refractivity contribution < 1.29 is 9.13 Å². The number of rotatable bonds is 0. The molecule has 2 aromatic carbocycles. The highest BCUT2D eigenvalue weighted by atomic mass is 79.9. The Morgan fingerprint density at radius 1 is 1.11 bits per heavy atom. The Kier molecular flexibility index (Phi) is 2.92. The maximum atomic E-state index is 13.3. The Balaban J connectivity index is 2.25. The zero-order chi connectivity index (χ0) is 12.5. The molecule has 0 amide bonds. The number of benzene rings is 2. The normalized spacial score (nSPS) is 15.6. The van der Waals surface area contributed by atoms with Crippen molar-refractivity contribution in [2.75, 3.05) is 0 Å². The van der Waals surface area contributed by atoms with E-state index in [9.17, 15) is 4.39 Å². The van der Waals surface area contributed by atoms with E-state index in [2.05, 4.69) is 15.9 Å². The Labute approximate surface area is 113 Å². The van der Waals surface area contributed by atoms with Crippen LogP contribution in [0.1, 0.15) is 16.7 Å². The predicted molar refractivity (Wildman–Crippen MR) is 73.2 cm³/mol. The average molecular weight is 305 g/mol. The molecule has 0 aliphatic carbocycles. The molecule has 0 saturated carbocycles. The summed E-state index contributed by atoms with van der Waals surface area (Å²) in [5.74, 6) is 0.297. The van der Waals surface area contributed by atoms with Gasteiger partial charge in [-0.25, -0.2) is 4.39 Å². The van der Waals surface area contributed by atoms with Gasteiger partial charge in [0.25, 0.3) is 0 Å². The van der Waals surface area contributed by atoms with Gasteiger partial charge in [-0.2, -0.15) is 0 Å². The molecular weight excluding hydrogens is 295 g/mol. The maximum absolute atomic E-state index is 13.3. The van der Waals surface area contributed by atoms with Gasteiger partial charge in [-0.1, -0.05) is 40.2 Å². The molecule has 0 spiro atoms. The summed E-state index contributed by atoms with van der Waals surface area (Å²) in [4.78, 5) is 1.86. The highest BCUT2D eigenvalue weighted by Gasteiger charge is 2.18. The van der Waals surface area contributed by atoms with Crippen LogP contribution < -0.4 is 4.74 Å². The third-order valence-electron chi connectivity index (χ3n) is 3.03. The van der Waals surface area contributed by atoms with Crippen LogP contribution in [0.2, 0.25) is 0 Å². The fraction of sp³-hybridized carbons (Fsp3) is 0.0667. The molecule has 18 heavy (non-hydrogen) atoms.